The largest absolute Gasteiger partial charge is 0.235 e. The van der Waals surface area contributed by atoms with Gasteiger partial charge in [-0.25, -0.2) is 9.78 Å². The quantitative estimate of drug-likeness (QED) is 0.408. The standard InChI is InChI=1S/C4H5NO2/c5-3-4-1-2-6-7-4/h4H,1-2H2. The summed E-state index contributed by atoms with van der Waals surface area (Å²) < 4.78 is 0. The molecule has 3 nitrogen and oxygen atoms in total. The Bertz CT molecular complexity index is 90.4. The molecule has 1 saturated heterocycles. The monoisotopic (exact) mass is 99.0 g/mol. The van der Waals surface area contributed by atoms with E-state index < -0.39 is 0 Å². The Morgan fingerprint density at radius 3 is 2.86 bits per heavy atom. The molecule has 0 bridgehead atoms. The first-order valence-corrected chi connectivity index (χ1v) is 2.11. The lowest BCUT2D eigenvalue weighted by Crippen LogP contribution is -1.97. The van der Waals surface area contributed by atoms with E-state index in [0.717, 1.165) is 0 Å². The normalized spacial score (nSPS) is 29.9. The van der Waals surface area contributed by atoms with Crippen molar-refractivity contribution in [2.75, 3.05) is 6.61 Å². The van der Waals surface area contributed by atoms with Crippen molar-refractivity contribution in [1.82, 2.24) is 0 Å². The van der Waals surface area contributed by atoms with Gasteiger partial charge in [0.05, 0.1) is 12.7 Å². The van der Waals surface area contributed by atoms with E-state index in [9.17, 15) is 0 Å². The van der Waals surface area contributed by atoms with Crippen molar-refractivity contribution in [1.29, 1.82) is 5.26 Å². The minimum Gasteiger partial charge on any atom is -0.235 e. The first-order chi connectivity index (χ1) is 3.43. The van der Waals surface area contributed by atoms with Gasteiger partial charge in [0.25, 0.3) is 0 Å². The van der Waals surface area contributed by atoms with Crippen LogP contribution >= 0.6 is 0 Å². The molecular weight excluding hydrogens is 94.0 g/mol. The summed E-state index contributed by atoms with van der Waals surface area (Å²) in [5.74, 6) is 0. The van der Waals surface area contributed by atoms with Crippen molar-refractivity contribution in [2.24, 2.45) is 0 Å². The Kier molecular flexibility index (Phi) is 1.25. The van der Waals surface area contributed by atoms with Crippen LogP contribution in [0.2, 0.25) is 0 Å². The summed E-state index contributed by atoms with van der Waals surface area (Å²) in [5.41, 5.74) is 0. The van der Waals surface area contributed by atoms with Crippen LogP contribution in [0.1, 0.15) is 6.42 Å². The van der Waals surface area contributed by atoms with Crippen LogP contribution in [0.5, 0.6) is 0 Å². The molecule has 1 heterocycles. The van der Waals surface area contributed by atoms with Gasteiger partial charge < -0.3 is 0 Å². The molecule has 38 valence electrons. The summed E-state index contributed by atoms with van der Waals surface area (Å²) in [6.07, 6.45) is 0.385. The van der Waals surface area contributed by atoms with Gasteiger partial charge in [0.1, 0.15) is 0 Å². The van der Waals surface area contributed by atoms with Crippen LogP contribution in [0.15, 0.2) is 0 Å². The Morgan fingerprint density at radius 2 is 2.57 bits per heavy atom. The van der Waals surface area contributed by atoms with Crippen LogP contribution < -0.4 is 0 Å². The van der Waals surface area contributed by atoms with Gasteiger partial charge in [-0.2, -0.15) is 5.26 Å². The van der Waals surface area contributed by atoms with Gasteiger partial charge in [-0.3, -0.25) is 0 Å². The van der Waals surface area contributed by atoms with Crippen LogP contribution in [0, 0.1) is 11.3 Å². The third-order valence-electron chi connectivity index (χ3n) is 0.792. The van der Waals surface area contributed by atoms with Gasteiger partial charge in [0, 0.05) is 6.42 Å². The molecule has 0 aliphatic carbocycles. The fourth-order valence-corrected chi connectivity index (χ4v) is 0.420. The Balaban J connectivity index is 2.31. The topological polar surface area (TPSA) is 42.2 Å². The van der Waals surface area contributed by atoms with E-state index in [2.05, 4.69) is 9.78 Å². The Morgan fingerprint density at radius 1 is 1.71 bits per heavy atom. The van der Waals surface area contributed by atoms with Crippen LogP contribution in [0.4, 0.5) is 0 Å². The Labute approximate surface area is 41.4 Å². The molecule has 0 radical (unpaired) electrons. The fourth-order valence-electron chi connectivity index (χ4n) is 0.420. The van der Waals surface area contributed by atoms with Gasteiger partial charge in [0.15, 0.2) is 6.10 Å². The fraction of sp³-hybridized carbons (Fsp3) is 0.750. The lowest BCUT2D eigenvalue weighted by Gasteiger charge is -1.87. The molecule has 3 heteroatoms. The van der Waals surface area contributed by atoms with Gasteiger partial charge in [0.2, 0.25) is 0 Å². The minimum atomic E-state index is -0.319. The predicted octanol–water partition coefficient (Wildman–Crippen LogP) is 0.230. The molecule has 1 fully saturated rings. The zero-order valence-electron chi connectivity index (χ0n) is 3.76. The molecule has 1 rings (SSSR count). The number of hydrogen-bond donors (Lipinski definition) is 0. The molecule has 0 N–H and O–H groups in total. The highest BCUT2D eigenvalue weighted by atomic mass is 17.2. The van der Waals surface area contributed by atoms with Crippen molar-refractivity contribution in [3.63, 3.8) is 0 Å². The average Bonchev–Trinajstić information content (AvgIpc) is 2.14. The molecule has 0 spiro atoms. The van der Waals surface area contributed by atoms with E-state index in [1.807, 2.05) is 6.07 Å². The minimum absolute atomic E-state index is 0.319. The van der Waals surface area contributed by atoms with Crippen molar-refractivity contribution in [3.8, 4) is 6.07 Å². The number of hydrogen-bond acceptors (Lipinski definition) is 3. The van der Waals surface area contributed by atoms with Crippen molar-refractivity contribution < 1.29 is 9.78 Å². The zero-order valence-corrected chi connectivity index (χ0v) is 3.76. The maximum absolute atomic E-state index is 8.11. The highest BCUT2D eigenvalue weighted by Gasteiger charge is 2.14. The number of nitrogens with zero attached hydrogens (tertiary/aromatic N) is 1. The van der Waals surface area contributed by atoms with Gasteiger partial charge in [-0.05, 0) is 0 Å². The van der Waals surface area contributed by atoms with Crippen molar-refractivity contribution in [3.05, 3.63) is 0 Å². The van der Waals surface area contributed by atoms with Crippen LogP contribution in [-0.4, -0.2) is 12.7 Å². The molecule has 1 aliphatic heterocycles. The molecule has 0 aromatic carbocycles. The van der Waals surface area contributed by atoms with Crippen LogP contribution in [-0.2, 0) is 9.78 Å². The molecule has 0 aromatic rings. The summed E-state index contributed by atoms with van der Waals surface area (Å²) in [6, 6.07) is 1.92. The zero-order chi connectivity index (χ0) is 5.11. The van der Waals surface area contributed by atoms with Gasteiger partial charge >= 0.3 is 0 Å². The van der Waals surface area contributed by atoms with Crippen molar-refractivity contribution in [2.45, 2.75) is 12.5 Å². The average molecular weight is 99.1 g/mol. The number of nitriles is 1. The molecule has 0 aromatic heterocycles. The molecule has 1 unspecified atom stereocenters. The summed E-state index contributed by atoms with van der Waals surface area (Å²) in [6.45, 7) is 0.554. The van der Waals surface area contributed by atoms with E-state index in [4.69, 9.17) is 5.26 Å². The highest BCUT2D eigenvalue weighted by Crippen LogP contribution is 2.05. The molecule has 1 atom stereocenters. The van der Waals surface area contributed by atoms with Gasteiger partial charge in [-0.1, -0.05) is 0 Å². The predicted molar refractivity (Wildman–Crippen MR) is 21.1 cm³/mol. The first kappa shape index (κ1) is 4.57. The van der Waals surface area contributed by atoms with Crippen molar-refractivity contribution >= 4 is 0 Å². The second-order valence-electron chi connectivity index (χ2n) is 1.32. The molecule has 0 saturated carbocycles. The van der Waals surface area contributed by atoms with E-state index in [0.29, 0.717) is 13.0 Å². The third-order valence-corrected chi connectivity index (χ3v) is 0.792. The molecule has 7 heavy (non-hydrogen) atoms. The van der Waals surface area contributed by atoms with E-state index >= 15 is 0 Å². The molecule has 1 aliphatic rings. The number of rotatable bonds is 0. The Hall–Kier alpha value is -0.590. The van der Waals surface area contributed by atoms with Crippen LogP contribution in [0.25, 0.3) is 0 Å². The lowest BCUT2D eigenvalue weighted by molar-refractivity contribution is -0.263. The lowest BCUT2D eigenvalue weighted by atomic mass is 10.3. The second kappa shape index (κ2) is 1.92. The van der Waals surface area contributed by atoms with Crippen LogP contribution in [0.3, 0.4) is 0 Å². The third kappa shape index (κ3) is 0.889. The smallest absolute Gasteiger partial charge is 0.181 e. The highest BCUT2D eigenvalue weighted by molar-refractivity contribution is 4.83. The summed E-state index contributed by atoms with van der Waals surface area (Å²) >= 11 is 0. The van der Waals surface area contributed by atoms with E-state index in [1.165, 1.54) is 0 Å². The van der Waals surface area contributed by atoms with Gasteiger partial charge in [-0.15, -0.1) is 0 Å². The molecule has 0 amide bonds. The second-order valence-corrected chi connectivity index (χ2v) is 1.32. The molecular formula is C4H5NO2. The summed E-state index contributed by atoms with van der Waals surface area (Å²) in [7, 11) is 0. The summed E-state index contributed by atoms with van der Waals surface area (Å²) in [5, 5.41) is 8.11. The van der Waals surface area contributed by atoms with E-state index in [1.54, 1.807) is 0 Å². The van der Waals surface area contributed by atoms with E-state index in [-0.39, 0.29) is 6.10 Å². The summed E-state index contributed by atoms with van der Waals surface area (Å²) in [4.78, 5) is 8.87. The first-order valence-electron chi connectivity index (χ1n) is 2.11. The maximum Gasteiger partial charge on any atom is 0.181 e. The maximum atomic E-state index is 8.11. The SMILES string of the molecule is N#CC1CCOO1.